The van der Waals surface area contributed by atoms with E-state index in [-0.39, 0.29) is 11.6 Å². The molecular weight excluding hydrogens is 337 g/mol. The first-order valence-corrected chi connectivity index (χ1v) is 9.69. The second-order valence-corrected chi connectivity index (χ2v) is 7.46. The first-order chi connectivity index (χ1) is 13.1. The van der Waals surface area contributed by atoms with Crippen molar-refractivity contribution in [2.45, 2.75) is 46.0 Å². The molecule has 3 aromatic rings. The molecule has 0 aliphatic heterocycles. The highest BCUT2D eigenvalue weighted by Gasteiger charge is 2.25. The maximum atomic E-state index is 15.0. The smallest absolute Gasteiger partial charge is 0.154 e. The highest BCUT2D eigenvalue weighted by Crippen LogP contribution is 2.41. The number of benzene rings is 2. The molecule has 0 amide bonds. The fraction of sp³-hybridized carbons (Fsp3) is 0.292. The van der Waals surface area contributed by atoms with Gasteiger partial charge >= 0.3 is 0 Å². The number of halogens is 1. The van der Waals surface area contributed by atoms with Crippen LogP contribution in [-0.2, 0) is 17.6 Å². The van der Waals surface area contributed by atoms with Crippen LogP contribution in [-0.4, -0.2) is 10.8 Å². The number of hydrogen-bond donors (Lipinski definition) is 1. The number of aromatic amines is 1. The Kier molecular flexibility index (Phi) is 4.69. The number of unbranched alkanes of at least 4 members (excludes halogenated alkanes) is 2. The molecule has 2 nitrogen and oxygen atoms in total. The van der Waals surface area contributed by atoms with Gasteiger partial charge in [-0.15, -0.1) is 0 Å². The Morgan fingerprint density at radius 3 is 2.89 bits per heavy atom. The number of carbonyl (C=O) groups excluding carboxylic acids is 1. The zero-order chi connectivity index (χ0) is 19.0. The van der Waals surface area contributed by atoms with Gasteiger partial charge in [0, 0.05) is 29.4 Å². The van der Waals surface area contributed by atoms with Crippen LogP contribution in [0.1, 0.15) is 55.4 Å². The molecule has 4 rings (SSSR count). The van der Waals surface area contributed by atoms with Gasteiger partial charge in [-0.05, 0) is 30.0 Å². The Morgan fingerprint density at radius 2 is 2.11 bits per heavy atom. The summed E-state index contributed by atoms with van der Waals surface area (Å²) in [6, 6.07) is 10.1. The number of aromatic nitrogens is 1. The molecule has 0 radical (unpaired) electrons. The van der Waals surface area contributed by atoms with Gasteiger partial charge in [-0.1, -0.05) is 62.2 Å². The van der Waals surface area contributed by atoms with Crippen molar-refractivity contribution < 1.29 is 9.18 Å². The van der Waals surface area contributed by atoms with Gasteiger partial charge in [0.15, 0.2) is 5.82 Å². The van der Waals surface area contributed by atoms with Gasteiger partial charge < -0.3 is 4.98 Å². The molecule has 2 aromatic carbocycles. The summed E-state index contributed by atoms with van der Waals surface area (Å²) < 4.78 is 15.0. The third-order valence-electron chi connectivity index (χ3n) is 5.33. The summed E-state index contributed by atoms with van der Waals surface area (Å²) in [5, 5.41) is 0.956. The van der Waals surface area contributed by atoms with Gasteiger partial charge in [0.25, 0.3) is 0 Å². The van der Waals surface area contributed by atoms with Crippen molar-refractivity contribution >= 4 is 22.8 Å². The number of rotatable bonds is 6. The van der Waals surface area contributed by atoms with Crippen molar-refractivity contribution in [3.63, 3.8) is 0 Å². The topological polar surface area (TPSA) is 32.9 Å². The molecule has 0 fully saturated rings. The normalized spacial score (nSPS) is 12.7. The van der Waals surface area contributed by atoms with Crippen LogP contribution in [0.3, 0.4) is 0 Å². The maximum absolute atomic E-state index is 15.0. The monoisotopic (exact) mass is 361 g/mol. The van der Waals surface area contributed by atoms with Crippen LogP contribution in [0.4, 0.5) is 4.39 Å². The van der Waals surface area contributed by atoms with Gasteiger partial charge in [0.1, 0.15) is 5.78 Å². The second kappa shape index (κ2) is 7.15. The minimum Gasteiger partial charge on any atom is -0.352 e. The van der Waals surface area contributed by atoms with E-state index in [9.17, 15) is 9.18 Å². The Hall–Kier alpha value is -2.68. The number of H-pyrrole nitrogens is 1. The summed E-state index contributed by atoms with van der Waals surface area (Å²) in [6.07, 6.45) is 8.42. The van der Waals surface area contributed by atoms with E-state index >= 15 is 0 Å². The van der Waals surface area contributed by atoms with E-state index in [0.29, 0.717) is 17.5 Å². The van der Waals surface area contributed by atoms with E-state index in [1.807, 2.05) is 24.3 Å². The molecule has 0 bridgehead atoms. The Morgan fingerprint density at radius 1 is 1.26 bits per heavy atom. The second-order valence-electron chi connectivity index (χ2n) is 7.46. The number of hydrogen-bond acceptors (Lipinski definition) is 1. The molecule has 1 N–H and O–H groups in total. The van der Waals surface area contributed by atoms with E-state index in [1.165, 1.54) is 5.56 Å². The van der Waals surface area contributed by atoms with Crippen molar-refractivity contribution in [3.8, 4) is 11.3 Å². The van der Waals surface area contributed by atoms with E-state index in [0.717, 1.165) is 53.5 Å². The minimum absolute atomic E-state index is 0.165. The zero-order valence-electron chi connectivity index (χ0n) is 15.9. The van der Waals surface area contributed by atoms with Crippen LogP contribution >= 0.6 is 0 Å². The Labute approximate surface area is 159 Å². The van der Waals surface area contributed by atoms with Crippen LogP contribution in [0, 0.1) is 5.82 Å². The fourth-order valence-electron chi connectivity index (χ4n) is 4.00. The predicted molar refractivity (Wildman–Crippen MR) is 109 cm³/mol. The zero-order valence-corrected chi connectivity index (χ0v) is 15.9. The number of Topliss-reactive ketones (excluding diaryl/α,β-unsaturated/α-hetero) is 1. The maximum Gasteiger partial charge on any atom is 0.154 e. The lowest BCUT2D eigenvalue weighted by Gasteiger charge is -2.05. The third kappa shape index (κ3) is 3.23. The first-order valence-electron chi connectivity index (χ1n) is 9.69. The Balaban J connectivity index is 1.70. The number of carbonyl (C=O) groups is 1. The fourth-order valence-corrected chi connectivity index (χ4v) is 4.00. The molecular formula is C24H24FNO. The third-order valence-corrected chi connectivity index (χ3v) is 5.33. The van der Waals surface area contributed by atoms with E-state index in [4.69, 9.17) is 0 Å². The number of ketones is 1. The first kappa shape index (κ1) is 17.7. The summed E-state index contributed by atoms with van der Waals surface area (Å²) >= 11 is 0. The van der Waals surface area contributed by atoms with Gasteiger partial charge in [-0.3, -0.25) is 4.79 Å². The van der Waals surface area contributed by atoms with E-state index in [1.54, 1.807) is 6.92 Å². The molecule has 1 aliphatic rings. The van der Waals surface area contributed by atoms with Crippen molar-refractivity contribution in [1.82, 2.24) is 4.98 Å². The molecule has 1 aliphatic carbocycles. The summed E-state index contributed by atoms with van der Waals surface area (Å²) in [5.74, 6) is -0.0112. The van der Waals surface area contributed by atoms with Crippen molar-refractivity contribution in [2.24, 2.45) is 0 Å². The highest BCUT2D eigenvalue weighted by molar-refractivity contribution is 5.96. The van der Waals surface area contributed by atoms with Crippen molar-refractivity contribution in [1.29, 1.82) is 0 Å². The summed E-state index contributed by atoms with van der Waals surface area (Å²) in [7, 11) is 0. The predicted octanol–water partition coefficient (Wildman–Crippen LogP) is 6.21. The van der Waals surface area contributed by atoms with Gasteiger partial charge in [-0.25, -0.2) is 4.39 Å². The van der Waals surface area contributed by atoms with Crippen LogP contribution in [0.5, 0.6) is 0 Å². The highest BCUT2D eigenvalue weighted by atomic mass is 19.1. The summed E-state index contributed by atoms with van der Waals surface area (Å²) in [4.78, 5) is 14.7. The minimum atomic E-state index is -0.176. The van der Waals surface area contributed by atoms with Crippen LogP contribution < -0.4 is 0 Å². The van der Waals surface area contributed by atoms with E-state index in [2.05, 4.69) is 30.1 Å². The number of fused-ring (bicyclic) bond motifs is 5. The van der Waals surface area contributed by atoms with Gasteiger partial charge in [0.05, 0.1) is 11.2 Å². The lowest BCUT2D eigenvalue weighted by atomic mass is 10.0. The molecule has 1 aromatic heterocycles. The summed E-state index contributed by atoms with van der Waals surface area (Å²) in [5.41, 5.74) is 6.77. The molecule has 0 unspecified atom stereocenters. The number of nitrogens with one attached hydrogen (secondary N) is 1. The average molecular weight is 361 g/mol. The number of allylic oxidation sites excluding steroid dienone is 1. The average Bonchev–Trinajstić information content (AvgIpc) is 3.16. The van der Waals surface area contributed by atoms with Gasteiger partial charge in [-0.2, -0.15) is 0 Å². The van der Waals surface area contributed by atoms with Gasteiger partial charge in [0.2, 0.25) is 0 Å². The lowest BCUT2D eigenvalue weighted by Crippen LogP contribution is -1.97. The lowest BCUT2D eigenvalue weighted by molar-refractivity contribution is -0.116. The van der Waals surface area contributed by atoms with Crippen LogP contribution in [0.25, 0.3) is 28.2 Å². The largest absolute Gasteiger partial charge is 0.352 e. The molecule has 0 saturated carbocycles. The summed E-state index contributed by atoms with van der Waals surface area (Å²) in [6.45, 7) is 3.77. The molecule has 0 saturated heterocycles. The van der Waals surface area contributed by atoms with Crippen molar-refractivity contribution in [3.05, 3.63) is 64.5 Å². The molecule has 0 atom stereocenters. The SMILES string of the molecule is CCCC/C=C/c1ccc2c3c([nH]c2c1F)-c1ccc(CC(C)=O)cc1C3. The molecule has 138 valence electrons. The van der Waals surface area contributed by atoms with E-state index < -0.39 is 0 Å². The molecule has 27 heavy (non-hydrogen) atoms. The molecule has 0 spiro atoms. The van der Waals surface area contributed by atoms with Crippen molar-refractivity contribution in [2.75, 3.05) is 0 Å². The molecule has 1 heterocycles. The van der Waals surface area contributed by atoms with Crippen LogP contribution in [0.15, 0.2) is 36.4 Å². The standard InChI is InChI=1S/C24H24FNO/c1-3-4-5-6-7-17-9-11-20-21-14-18-13-16(12-15(2)27)8-10-19(18)23(21)26-24(20)22(17)25/h6-11,13,26H,3-5,12,14H2,1-2H3/b7-6+. The molecule has 3 heteroatoms. The Bertz CT molecular complexity index is 1060. The van der Waals surface area contributed by atoms with Crippen LogP contribution in [0.2, 0.25) is 0 Å². The quantitative estimate of drug-likeness (QED) is 0.407.